The normalized spacial score (nSPS) is 12.1. The van der Waals surface area contributed by atoms with Crippen LogP contribution in [0.4, 0.5) is 10.5 Å². The van der Waals surface area contributed by atoms with E-state index in [-0.39, 0.29) is 12.1 Å². The zero-order valence-electron chi connectivity index (χ0n) is 12.4. The van der Waals surface area contributed by atoms with Gasteiger partial charge in [-0.1, -0.05) is 32.4 Å². The lowest BCUT2D eigenvalue weighted by Gasteiger charge is -2.16. The number of carbonyl (C=O) groups is 2. The van der Waals surface area contributed by atoms with Gasteiger partial charge in [0.05, 0.1) is 0 Å². The number of amides is 2. The molecule has 0 fully saturated rings. The Morgan fingerprint density at radius 1 is 1.24 bits per heavy atom. The molecule has 1 aromatic rings. The van der Waals surface area contributed by atoms with E-state index in [4.69, 9.17) is 5.11 Å². The minimum atomic E-state index is -0.988. The van der Waals surface area contributed by atoms with Crippen molar-refractivity contribution in [3.63, 3.8) is 0 Å². The van der Waals surface area contributed by atoms with Gasteiger partial charge in [-0.05, 0) is 36.6 Å². The Morgan fingerprint density at radius 2 is 1.90 bits per heavy atom. The summed E-state index contributed by atoms with van der Waals surface area (Å²) in [5, 5.41) is 14.2. The summed E-state index contributed by atoms with van der Waals surface area (Å²) >= 11 is 0. The second-order valence-corrected chi connectivity index (χ2v) is 4.79. The first-order valence-electron chi connectivity index (χ1n) is 7.13. The number of carbonyl (C=O) groups excluding carboxylic acids is 1. The van der Waals surface area contributed by atoms with Gasteiger partial charge in [0.2, 0.25) is 0 Å². The van der Waals surface area contributed by atoms with Gasteiger partial charge in [-0.3, -0.25) is 0 Å². The molecule has 0 bridgehead atoms. The topological polar surface area (TPSA) is 78.4 Å². The van der Waals surface area contributed by atoms with E-state index in [1.165, 1.54) is 6.08 Å². The molecule has 1 atom stereocenters. The molecule has 114 valence electrons. The zero-order valence-corrected chi connectivity index (χ0v) is 12.4. The number of carboxylic acid groups (broad SMARTS) is 1. The van der Waals surface area contributed by atoms with E-state index >= 15 is 0 Å². The van der Waals surface area contributed by atoms with Gasteiger partial charge in [0.15, 0.2) is 0 Å². The highest BCUT2D eigenvalue weighted by Crippen LogP contribution is 2.11. The van der Waals surface area contributed by atoms with Crippen molar-refractivity contribution in [3.8, 4) is 0 Å². The van der Waals surface area contributed by atoms with E-state index in [2.05, 4.69) is 17.6 Å². The van der Waals surface area contributed by atoms with Crippen molar-refractivity contribution in [2.75, 3.05) is 5.32 Å². The van der Waals surface area contributed by atoms with Crippen LogP contribution in [-0.4, -0.2) is 23.1 Å². The van der Waals surface area contributed by atoms with Gasteiger partial charge in [0.25, 0.3) is 0 Å². The van der Waals surface area contributed by atoms with Crippen LogP contribution < -0.4 is 10.6 Å². The summed E-state index contributed by atoms with van der Waals surface area (Å²) in [6, 6.07) is 6.94. The van der Waals surface area contributed by atoms with Gasteiger partial charge < -0.3 is 15.7 Å². The van der Waals surface area contributed by atoms with Crippen molar-refractivity contribution in [3.05, 3.63) is 35.9 Å². The van der Waals surface area contributed by atoms with Crippen LogP contribution in [0.3, 0.4) is 0 Å². The van der Waals surface area contributed by atoms with E-state index in [0.29, 0.717) is 5.69 Å². The average molecular weight is 290 g/mol. The largest absolute Gasteiger partial charge is 0.478 e. The number of hydrogen-bond acceptors (Lipinski definition) is 2. The van der Waals surface area contributed by atoms with Gasteiger partial charge in [0.1, 0.15) is 0 Å². The number of anilines is 1. The van der Waals surface area contributed by atoms with Crippen molar-refractivity contribution in [1.29, 1.82) is 0 Å². The molecule has 0 heterocycles. The number of urea groups is 1. The van der Waals surface area contributed by atoms with E-state index in [0.717, 1.165) is 30.9 Å². The SMILES string of the molecule is CCCC(CC)NC(=O)Nc1ccc(C=CC(=O)O)cc1. The van der Waals surface area contributed by atoms with Gasteiger partial charge in [-0.15, -0.1) is 0 Å². The Labute approximate surface area is 125 Å². The third kappa shape index (κ3) is 6.61. The zero-order chi connectivity index (χ0) is 15.7. The van der Waals surface area contributed by atoms with Crippen LogP contribution in [0.25, 0.3) is 6.08 Å². The minimum absolute atomic E-state index is 0.188. The maximum atomic E-state index is 11.8. The molecule has 3 N–H and O–H groups in total. The van der Waals surface area contributed by atoms with Crippen molar-refractivity contribution in [2.45, 2.75) is 39.2 Å². The third-order valence-electron chi connectivity index (χ3n) is 3.05. The molecule has 0 aliphatic carbocycles. The highest BCUT2D eigenvalue weighted by molar-refractivity contribution is 5.89. The predicted molar refractivity (Wildman–Crippen MR) is 84.3 cm³/mol. The Balaban J connectivity index is 2.55. The third-order valence-corrected chi connectivity index (χ3v) is 3.05. The molecular weight excluding hydrogens is 268 g/mol. The lowest BCUT2D eigenvalue weighted by Crippen LogP contribution is -2.37. The molecule has 5 nitrogen and oxygen atoms in total. The second-order valence-electron chi connectivity index (χ2n) is 4.79. The summed E-state index contributed by atoms with van der Waals surface area (Å²) in [5.74, 6) is -0.988. The average Bonchev–Trinajstić information content (AvgIpc) is 2.46. The summed E-state index contributed by atoms with van der Waals surface area (Å²) < 4.78 is 0. The van der Waals surface area contributed by atoms with Crippen molar-refractivity contribution in [2.24, 2.45) is 0 Å². The Morgan fingerprint density at radius 3 is 2.43 bits per heavy atom. The summed E-state index contributed by atoms with van der Waals surface area (Å²) in [5.41, 5.74) is 1.44. The fraction of sp³-hybridized carbons (Fsp3) is 0.375. The number of rotatable bonds is 7. The number of aliphatic carboxylic acids is 1. The van der Waals surface area contributed by atoms with Crippen molar-refractivity contribution >= 4 is 23.8 Å². The smallest absolute Gasteiger partial charge is 0.328 e. The standard InChI is InChI=1S/C16H22N2O3/c1-3-5-13(4-2)17-16(21)18-14-9-6-12(7-10-14)8-11-15(19)20/h6-11,13H,3-5H2,1-2H3,(H,19,20)(H2,17,18,21). The Bertz CT molecular complexity index is 495. The highest BCUT2D eigenvalue weighted by Gasteiger charge is 2.09. The molecule has 0 spiro atoms. The molecule has 0 aliphatic rings. The molecule has 21 heavy (non-hydrogen) atoms. The summed E-state index contributed by atoms with van der Waals surface area (Å²) in [7, 11) is 0. The molecule has 0 radical (unpaired) electrons. The van der Waals surface area contributed by atoms with Crippen LogP contribution in [0.1, 0.15) is 38.7 Å². The van der Waals surface area contributed by atoms with Gasteiger partial charge >= 0.3 is 12.0 Å². The van der Waals surface area contributed by atoms with Crippen molar-refractivity contribution < 1.29 is 14.7 Å². The minimum Gasteiger partial charge on any atom is -0.478 e. The van der Waals surface area contributed by atoms with Crippen LogP contribution in [-0.2, 0) is 4.79 Å². The fourth-order valence-corrected chi connectivity index (χ4v) is 1.92. The maximum absolute atomic E-state index is 11.8. The van der Waals surface area contributed by atoms with Crippen LogP contribution >= 0.6 is 0 Å². The van der Waals surface area contributed by atoms with Gasteiger partial charge in [-0.2, -0.15) is 0 Å². The predicted octanol–water partition coefficient (Wildman–Crippen LogP) is 3.48. The molecule has 5 heteroatoms. The van der Waals surface area contributed by atoms with Crippen LogP contribution in [0.5, 0.6) is 0 Å². The lowest BCUT2D eigenvalue weighted by atomic mass is 10.1. The lowest BCUT2D eigenvalue weighted by molar-refractivity contribution is -0.131. The summed E-state index contributed by atoms with van der Waals surface area (Å²) in [6.45, 7) is 4.13. The molecule has 1 unspecified atom stereocenters. The number of carboxylic acids is 1. The molecule has 0 saturated heterocycles. The van der Waals surface area contributed by atoms with E-state index < -0.39 is 5.97 Å². The molecule has 0 aliphatic heterocycles. The molecule has 0 aromatic heterocycles. The number of nitrogens with one attached hydrogen (secondary N) is 2. The molecule has 2 amide bonds. The highest BCUT2D eigenvalue weighted by atomic mass is 16.4. The van der Waals surface area contributed by atoms with Gasteiger partial charge in [0, 0.05) is 17.8 Å². The maximum Gasteiger partial charge on any atom is 0.328 e. The fourth-order valence-electron chi connectivity index (χ4n) is 1.92. The molecular formula is C16H22N2O3. The first-order valence-corrected chi connectivity index (χ1v) is 7.13. The Hall–Kier alpha value is -2.30. The Kier molecular flexibility index (Phi) is 7.01. The van der Waals surface area contributed by atoms with Crippen LogP contribution in [0, 0.1) is 0 Å². The van der Waals surface area contributed by atoms with Crippen LogP contribution in [0.15, 0.2) is 30.3 Å². The first kappa shape index (κ1) is 16.8. The van der Waals surface area contributed by atoms with Gasteiger partial charge in [-0.25, -0.2) is 9.59 Å². The van der Waals surface area contributed by atoms with E-state index in [9.17, 15) is 9.59 Å². The monoisotopic (exact) mass is 290 g/mol. The number of hydrogen-bond donors (Lipinski definition) is 3. The van der Waals surface area contributed by atoms with Crippen molar-refractivity contribution in [1.82, 2.24) is 5.32 Å². The quantitative estimate of drug-likeness (QED) is 0.673. The molecule has 1 rings (SSSR count). The second kappa shape index (κ2) is 8.79. The first-order chi connectivity index (χ1) is 10.0. The molecule has 1 aromatic carbocycles. The number of benzene rings is 1. The van der Waals surface area contributed by atoms with Crippen LogP contribution in [0.2, 0.25) is 0 Å². The molecule has 0 saturated carbocycles. The summed E-state index contributed by atoms with van der Waals surface area (Å²) in [6.07, 6.45) is 5.47. The van der Waals surface area contributed by atoms with E-state index in [1.54, 1.807) is 24.3 Å². The summed E-state index contributed by atoms with van der Waals surface area (Å²) in [4.78, 5) is 22.3. The van der Waals surface area contributed by atoms with E-state index in [1.807, 2.05) is 6.92 Å².